The number of hydrogen-bond acceptors (Lipinski definition) is 8. The van der Waals surface area contributed by atoms with Crippen molar-refractivity contribution >= 4 is 45.8 Å². The van der Waals surface area contributed by atoms with Gasteiger partial charge in [-0.3, -0.25) is 19.3 Å². The minimum Gasteiger partial charge on any atom is -0.510 e. The van der Waals surface area contributed by atoms with Crippen molar-refractivity contribution in [3.05, 3.63) is 56.1 Å². The van der Waals surface area contributed by atoms with E-state index in [0.717, 1.165) is 14.8 Å². The molecule has 202 valence electrons. The van der Waals surface area contributed by atoms with E-state index in [0.29, 0.717) is 35.5 Å². The molecule has 9 nitrogen and oxygen atoms in total. The number of halogens is 1. The Labute approximate surface area is 235 Å². The summed E-state index contributed by atoms with van der Waals surface area (Å²) in [5, 5.41) is 11.5. The summed E-state index contributed by atoms with van der Waals surface area (Å²) in [6.45, 7) is 5.77. The summed E-state index contributed by atoms with van der Waals surface area (Å²) in [6, 6.07) is 1.31. The summed E-state index contributed by atoms with van der Waals surface area (Å²) < 4.78 is 13.0. The second-order valence-electron chi connectivity index (χ2n) is 10.9. The van der Waals surface area contributed by atoms with Crippen LogP contribution in [0.3, 0.4) is 0 Å². The van der Waals surface area contributed by atoms with Crippen molar-refractivity contribution < 1.29 is 29.0 Å². The van der Waals surface area contributed by atoms with E-state index in [1.165, 1.54) is 0 Å². The number of allylic oxidation sites excluding steroid dienone is 1. The number of ketones is 2. The Kier molecular flexibility index (Phi) is 6.41. The first kappa shape index (κ1) is 26.7. The number of fused-ring (bicyclic) bond motifs is 2. The van der Waals surface area contributed by atoms with Gasteiger partial charge >= 0.3 is 0 Å². The fourth-order valence-electron chi connectivity index (χ4n) is 7.03. The van der Waals surface area contributed by atoms with Crippen molar-refractivity contribution in [2.45, 2.75) is 31.9 Å². The first-order valence-corrected chi connectivity index (χ1v) is 13.6. The molecule has 1 amide bonds. The van der Waals surface area contributed by atoms with Crippen molar-refractivity contribution in [1.82, 2.24) is 4.90 Å². The van der Waals surface area contributed by atoms with E-state index < -0.39 is 40.7 Å². The Morgan fingerprint density at radius 1 is 1.34 bits per heavy atom. The number of aliphatic hydroxyl groups is 1. The molecule has 1 saturated heterocycles. The van der Waals surface area contributed by atoms with Crippen LogP contribution in [-0.2, 0) is 20.7 Å². The quantitative estimate of drug-likeness (QED) is 0.279. The Balaban J connectivity index is 1.80. The third-order valence-electron chi connectivity index (χ3n) is 8.48. The summed E-state index contributed by atoms with van der Waals surface area (Å²) in [5.74, 6) is -1.88. The van der Waals surface area contributed by atoms with Crippen LogP contribution >= 0.6 is 22.6 Å². The first-order chi connectivity index (χ1) is 17.9. The number of hydrogen-bond donors (Lipinski definition) is 2. The Hall–Kier alpha value is -2.86. The minimum absolute atomic E-state index is 0.219. The highest BCUT2D eigenvalue weighted by atomic mass is 127. The van der Waals surface area contributed by atoms with Gasteiger partial charge in [-0.25, -0.2) is 0 Å². The molecule has 1 unspecified atom stereocenters. The molecular weight excluding hydrogens is 601 g/mol. The molecule has 5 rings (SSSR count). The van der Waals surface area contributed by atoms with Gasteiger partial charge in [-0.2, -0.15) is 0 Å². The van der Waals surface area contributed by atoms with E-state index in [9.17, 15) is 19.5 Å². The maximum absolute atomic E-state index is 14.4. The fourth-order valence-corrected chi connectivity index (χ4v) is 7.75. The highest BCUT2D eigenvalue weighted by molar-refractivity contribution is 14.1. The summed E-state index contributed by atoms with van der Waals surface area (Å²) in [7, 11) is 7.42. The molecule has 3 aliphatic carbocycles. The van der Waals surface area contributed by atoms with E-state index in [1.54, 1.807) is 32.0 Å². The van der Waals surface area contributed by atoms with Gasteiger partial charge in [0.15, 0.2) is 11.6 Å². The van der Waals surface area contributed by atoms with Crippen LogP contribution in [-0.4, -0.2) is 74.4 Å². The number of nitrogens with zero attached hydrogens (tertiary/aromatic N) is 2. The summed E-state index contributed by atoms with van der Waals surface area (Å²) in [4.78, 5) is 44.0. The molecule has 1 heterocycles. The minimum atomic E-state index is -1.18. The van der Waals surface area contributed by atoms with Crippen molar-refractivity contribution in [2.75, 3.05) is 39.7 Å². The Morgan fingerprint density at radius 2 is 2.03 bits per heavy atom. The number of Topliss-reactive ketones (excluding diaryl/α,β-unsaturated/α-hetero) is 2. The summed E-state index contributed by atoms with van der Waals surface area (Å²) in [6.07, 6.45) is 2.08. The third-order valence-corrected chi connectivity index (χ3v) is 9.28. The van der Waals surface area contributed by atoms with Crippen LogP contribution in [0.5, 0.6) is 5.75 Å². The predicted molar refractivity (Wildman–Crippen MR) is 150 cm³/mol. The van der Waals surface area contributed by atoms with Gasteiger partial charge < -0.3 is 25.2 Å². The zero-order valence-corrected chi connectivity index (χ0v) is 24.3. The lowest BCUT2D eigenvalue weighted by atomic mass is 9.50. The maximum Gasteiger partial charge on any atom is 0.255 e. The Bertz CT molecular complexity index is 1360. The number of rotatable bonds is 6. The highest BCUT2D eigenvalue weighted by Gasteiger charge is 2.70. The number of carbonyl (C=O) groups is 3. The lowest BCUT2D eigenvalue weighted by Gasteiger charge is -2.61. The average molecular weight is 633 g/mol. The molecule has 10 heteroatoms. The molecule has 5 atom stereocenters. The lowest BCUT2D eigenvalue weighted by molar-refractivity contribution is -0.173. The van der Waals surface area contributed by atoms with E-state index in [2.05, 4.69) is 29.2 Å². The van der Waals surface area contributed by atoms with Gasteiger partial charge in [0, 0.05) is 31.3 Å². The number of amides is 1. The smallest absolute Gasteiger partial charge is 0.255 e. The Morgan fingerprint density at radius 3 is 2.58 bits per heavy atom. The molecule has 38 heavy (non-hydrogen) atoms. The molecule has 4 aliphatic rings. The van der Waals surface area contributed by atoms with Gasteiger partial charge in [0.05, 0.1) is 15.2 Å². The topological polar surface area (TPSA) is 122 Å². The highest BCUT2D eigenvalue weighted by Crippen LogP contribution is 2.66. The van der Waals surface area contributed by atoms with Gasteiger partial charge in [-0.05, 0) is 74.0 Å². The van der Waals surface area contributed by atoms with Gasteiger partial charge in [-0.1, -0.05) is 12.7 Å². The van der Waals surface area contributed by atoms with Crippen LogP contribution in [0.2, 0.25) is 0 Å². The molecule has 1 fully saturated rings. The lowest BCUT2D eigenvalue weighted by Crippen LogP contribution is -2.67. The number of ether oxygens (including phenoxy) is 2. The number of benzene rings is 1. The normalized spacial score (nSPS) is 29.6. The van der Waals surface area contributed by atoms with E-state index in [-0.39, 0.29) is 24.1 Å². The molecule has 1 spiro atoms. The van der Waals surface area contributed by atoms with Crippen molar-refractivity contribution in [1.29, 1.82) is 0 Å². The summed E-state index contributed by atoms with van der Waals surface area (Å²) in [5.41, 5.74) is 6.78. The second-order valence-corrected chi connectivity index (χ2v) is 12.0. The number of nitrogens with two attached hydrogens (primary N) is 1. The maximum atomic E-state index is 14.4. The van der Waals surface area contributed by atoms with Crippen LogP contribution in [0.1, 0.15) is 29.3 Å². The van der Waals surface area contributed by atoms with Crippen LogP contribution in [0.25, 0.3) is 0 Å². The fraction of sp³-hybridized carbons (Fsp3) is 0.464. The third kappa shape index (κ3) is 3.35. The zero-order valence-electron chi connectivity index (χ0n) is 22.1. The molecule has 0 bridgehead atoms. The average Bonchev–Trinajstić information content (AvgIpc) is 2.81. The summed E-state index contributed by atoms with van der Waals surface area (Å²) >= 11 is 2.18. The molecule has 1 aromatic carbocycles. The van der Waals surface area contributed by atoms with Crippen molar-refractivity contribution in [3.63, 3.8) is 0 Å². The van der Waals surface area contributed by atoms with Crippen LogP contribution in [0.15, 0.2) is 41.4 Å². The number of aliphatic hydroxyl groups excluding tert-OH is 1. The largest absolute Gasteiger partial charge is 0.510 e. The molecule has 3 N–H and O–H groups in total. The van der Waals surface area contributed by atoms with Gasteiger partial charge in [0.1, 0.15) is 41.0 Å². The van der Waals surface area contributed by atoms with Gasteiger partial charge in [0.2, 0.25) is 0 Å². The number of carbonyl (C=O) groups excluding carboxylic acids is 3. The van der Waals surface area contributed by atoms with E-state index in [4.69, 9.17) is 15.2 Å². The number of primary amides is 1. The van der Waals surface area contributed by atoms with Crippen LogP contribution in [0.4, 0.5) is 5.69 Å². The first-order valence-electron chi connectivity index (χ1n) is 12.6. The van der Waals surface area contributed by atoms with Crippen molar-refractivity contribution in [3.8, 4) is 5.75 Å². The monoisotopic (exact) mass is 633 g/mol. The van der Waals surface area contributed by atoms with Crippen LogP contribution in [0, 0.1) is 20.8 Å². The SMILES string of the molecule is C=CCOc1c(I)cc(N(C)C)c2c1C(=O)C1=C3OC(C)[C@]34C(O)=C(C(N)=O)C(=O)[C@@H](N(C)C)[C@@H]4C[C@@H]1C2. The van der Waals surface area contributed by atoms with E-state index in [1.807, 2.05) is 25.1 Å². The molecule has 0 saturated carbocycles. The van der Waals surface area contributed by atoms with Gasteiger partial charge in [-0.15, -0.1) is 0 Å². The molecule has 0 aromatic heterocycles. The zero-order chi connectivity index (χ0) is 27.8. The molecule has 0 radical (unpaired) electrons. The standard InChI is InChI=1S/C28H32IN3O6/c1-7-8-37-24-16(29)11-17(31(3)4)14-9-13-10-15-21(32(5)6)23(34)20(27(30)36)25(35)28(15)12(2)38-26(28)18(13)22(33)19(14)24/h7,11-13,15,21,35H,1,8-10H2,2-6H3,(H2,30,36)/t12?,13-,15-,21-,28-/m0/s1. The number of anilines is 1. The molecular formula is C28H32IN3O6. The predicted octanol–water partition coefficient (Wildman–Crippen LogP) is 2.77. The van der Waals surface area contributed by atoms with Crippen LogP contribution < -0.4 is 15.4 Å². The van der Waals surface area contributed by atoms with E-state index >= 15 is 0 Å². The van der Waals surface area contributed by atoms with Crippen molar-refractivity contribution in [2.24, 2.45) is 23.0 Å². The second kappa shape index (κ2) is 9.11. The molecule has 1 aromatic rings. The number of likely N-dealkylation sites (N-methyl/N-ethyl adjacent to an activating group) is 1. The molecule has 1 aliphatic heterocycles. The van der Waals surface area contributed by atoms with Gasteiger partial charge in [0.25, 0.3) is 5.91 Å².